The number of hydrogen-bond acceptors (Lipinski definition) is 6. The molecule has 140 valence electrons. The van der Waals surface area contributed by atoms with Crippen LogP contribution in [0.3, 0.4) is 0 Å². The largest absolute Gasteiger partial charge is 0.507 e. The molecule has 0 spiro atoms. The summed E-state index contributed by atoms with van der Waals surface area (Å²) in [5.41, 5.74) is 6.20. The molecule has 0 fully saturated rings. The number of benzene rings is 2. The Hall–Kier alpha value is -2.77. The average molecular weight is 360 g/mol. The van der Waals surface area contributed by atoms with E-state index in [0.717, 1.165) is 11.3 Å². The smallest absolute Gasteiger partial charge is 0.252 e. The Morgan fingerprint density at radius 1 is 1.23 bits per heavy atom. The highest BCUT2D eigenvalue weighted by Gasteiger charge is 2.09. The first-order valence-electron chi connectivity index (χ1n) is 8.30. The third-order valence-corrected chi connectivity index (χ3v) is 3.69. The normalized spacial score (nSPS) is 11.8. The van der Waals surface area contributed by atoms with E-state index >= 15 is 0 Å². The first-order chi connectivity index (χ1) is 12.5. The Bertz CT molecular complexity index is 736. The first kappa shape index (κ1) is 19.6. The van der Waals surface area contributed by atoms with Crippen molar-refractivity contribution in [1.29, 1.82) is 0 Å². The van der Waals surface area contributed by atoms with Crippen molar-refractivity contribution in [2.45, 2.75) is 13.0 Å². The van der Waals surface area contributed by atoms with Gasteiger partial charge in [0.05, 0.1) is 5.56 Å². The number of nitrogens with two attached hydrogens (primary N) is 1. The van der Waals surface area contributed by atoms with Gasteiger partial charge in [-0.1, -0.05) is 18.2 Å². The molecule has 0 saturated carbocycles. The van der Waals surface area contributed by atoms with Crippen LogP contribution in [0.1, 0.15) is 15.9 Å². The van der Waals surface area contributed by atoms with Gasteiger partial charge in [0.1, 0.15) is 36.6 Å². The van der Waals surface area contributed by atoms with Gasteiger partial charge in [-0.25, -0.2) is 0 Å². The summed E-state index contributed by atoms with van der Waals surface area (Å²) >= 11 is 0. The van der Waals surface area contributed by atoms with Gasteiger partial charge >= 0.3 is 0 Å². The van der Waals surface area contributed by atoms with Crippen LogP contribution in [-0.4, -0.2) is 48.5 Å². The number of aliphatic hydroxyl groups is 1. The summed E-state index contributed by atoms with van der Waals surface area (Å²) in [6, 6.07) is 11.9. The third-order valence-electron chi connectivity index (χ3n) is 3.69. The Balaban J connectivity index is 1.65. The van der Waals surface area contributed by atoms with Gasteiger partial charge in [-0.15, -0.1) is 0 Å². The maximum atomic E-state index is 11.2. The lowest BCUT2D eigenvalue weighted by Crippen LogP contribution is -2.33. The van der Waals surface area contributed by atoms with E-state index in [1.54, 1.807) is 6.07 Å². The van der Waals surface area contributed by atoms with E-state index in [-0.39, 0.29) is 17.9 Å². The van der Waals surface area contributed by atoms with Gasteiger partial charge in [0, 0.05) is 13.1 Å². The molecule has 0 radical (unpaired) electrons. The highest BCUT2D eigenvalue weighted by molar-refractivity contribution is 5.95. The average Bonchev–Trinajstić information content (AvgIpc) is 2.61. The Morgan fingerprint density at radius 3 is 2.73 bits per heavy atom. The van der Waals surface area contributed by atoms with Gasteiger partial charge in [-0.3, -0.25) is 4.79 Å². The van der Waals surface area contributed by atoms with Crippen LogP contribution >= 0.6 is 0 Å². The van der Waals surface area contributed by atoms with Crippen LogP contribution in [0.2, 0.25) is 0 Å². The van der Waals surface area contributed by atoms with Crippen molar-refractivity contribution in [1.82, 2.24) is 5.32 Å². The molecule has 0 heterocycles. The molecule has 7 nitrogen and oxygen atoms in total. The number of aliphatic hydroxyl groups excluding tert-OH is 1. The first-order valence-corrected chi connectivity index (χ1v) is 8.30. The quantitative estimate of drug-likeness (QED) is 0.474. The Morgan fingerprint density at radius 2 is 2.00 bits per heavy atom. The van der Waals surface area contributed by atoms with E-state index in [2.05, 4.69) is 5.32 Å². The van der Waals surface area contributed by atoms with E-state index in [0.29, 0.717) is 25.4 Å². The van der Waals surface area contributed by atoms with Crippen molar-refractivity contribution >= 4 is 5.91 Å². The van der Waals surface area contributed by atoms with Gasteiger partial charge in [-0.2, -0.15) is 0 Å². The molecule has 1 atom stereocenters. The number of primary amides is 1. The fourth-order valence-corrected chi connectivity index (χ4v) is 2.28. The molecule has 0 bridgehead atoms. The van der Waals surface area contributed by atoms with E-state index < -0.39 is 12.0 Å². The third kappa shape index (κ3) is 5.94. The zero-order valence-corrected chi connectivity index (χ0v) is 14.6. The summed E-state index contributed by atoms with van der Waals surface area (Å²) in [6.45, 7) is 3.32. The number of hydrogen-bond donors (Lipinski definition) is 4. The zero-order chi connectivity index (χ0) is 18.9. The van der Waals surface area contributed by atoms with Crippen molar-refractivity contribution in [3.05, 3.63) is 53.6 Å². The summed E-state index contributed by atoms with van der Waals surface area (Å²) in [5.74, 6) is 0.289. The van der Waals surface area contributed by atoms with Crippen LogP contribution in [0.15, 0.2) is 42.5 Å². The molecule has 0 saturated heterocycles. The predicted molar refractivity (Wildman–Crippen MR) is 97.7 cm³/mol. The fourth-order valence-electron chi connectivity index (χ4n) is 2.28. The van der Waals surface area contributed by atoms with E-state index in [4.69, 9.17) is 15.2 Å². The molecule has 0 aromatic heterocycles. The van der Waals surface area contributed by atoms with Gasteiger partial charge in [-0.05, 0) is 36.8 Å². The number of carbonyl (C=O) groups excluding carboxylic acids is 1. The van der Waals surface area contributed by atoms with Crippen LogP contribution in [0.25, 0.3) is 0 Å². The maximum Gasteiger partial charge on any atom is 0.252 e. The fraction of sp³-hybridized carbons (Fsp3) is 0.316. The second-order valence-electron chi connectivity index (χ2n) is 5.83. The van der Waals surface area contributed by atoms with Crippen LogP contribution in [0.5, 0.6) is 17.2 Å². The number of ether oxygens (including phenoxy) is 2. The second-order valence-corrected chi connectivity index (χ2v) is 5.83. The topological polar surface area (TPSA) is 114 Å². The summed E-state index contributed by atoms with van der Waals surface area (Å²) in [6.07, 6.45) is -0.648. The standard InChI is InChI=1S/C19H24N2O5/c1-13-4-2-3-5-18(13)26-12-14(22)11-21-8-9-25-15-6-7-17(23)16(10-15)19(20)24/h2-7,10,14,21-23H,8-9,11-12H2,1H3,(H2,20,24). The molecule has 0 aliphatic carbocycles. The van der Waals surface area contributed by atoms with Crippen LogP contribution < -0.4 is 20.5 Å². The summed E-state index contributed by atoms with van der Waals surface area (Å²) in [7, 11) is 0. The van der Waals surface area contributed by atoms with Crippen molar-refractivity contribution in [2.75, 3.05) is 26.3 Å². The van der Waals surface area contributed by atoms with Crippen molar-refractivity contribution in [3.8, 4) is 17.2 Å². The number of nitrogens with one attached hydrogen (secondary N) is 1. The number of phenols is 1. The number of rotatable bonds is 10. The minimum Gasteiger partial charge on any atom is -0.507 e. The molecule has 2 rings (SSSR count). The SMILES string of the molecule is Cc1ccccc1OCC(O)CNCCOc1ccc(O)c(C(N)=O)c1. The number of aryl methyl sites for hydroxylation is 1. The molecule has 1 unspecified atom stereocenters. The highest BCUT2D eigenvalue weighted by Crippen LogP contribution is 2.22. The van der Waals surface area contributed by atoms with Crippen molar-refractivity contribution in [3.63, 3.8) is 0 Å². The molecule has 0 aliphatic heterocycles. The van der Waals surface area contributed by atoms with Crippen LogP contribution in [0, 0.1) is 6.92 Å². The monoisotopic (exact) mass is 360 g/mol. The molecule has 2 aromatic rings. The Kier molecular flexibility index (Phi) is 7.25. The number of aromatic hydroxyl groups is 1. The summed E-state index contributed by atoms with van der Waals surface area (Å²) in [4.78, 5) is 11.2. The number of para-hydroxylation sites is 1. The molecule has 0 aliphatic rings. The molecular formula is C19H24N2O5. The number of amides is 1. The van der Waals surface area contributed by atoms with E-state index in [1.165, 1.54) is 12.1 Å². The molecule has 1 amide bonds. The molecule has 7 heteroatoms. The summed E-state index contributed by atoms with van der Waals surface area (Å²) < 4.78 is 11.1. The minimum atomic E-state index is -0.720. The van der Waals surface area contributed by atoms with Gasteiger partial charge in [0.15, 0.2) is 0 Å². The van der Waals surface area contributed by atoms with Crippen molar-refractivity contribution < 1.29 is 24.5 Å². The molecule has 5 N–H and O–H groups in total. The summed E-state index contributed by atoms with van der Waals surface area (Å²) in [5, 5.41) is 22.5. The molecular weight excluding hydrogens is 336 g/mol. The molecule has 2 aromatic carbocycles. The van der Waals surface area contributed by atoms with Crippen LogP contribution in [-0.2, 0) is 0 Å². The van der Waals surface area contributed by atoms with Gasteiger partial charge in [0.25, 0.3) is 5.91 Å². The lowest BCUT2D eigenvalue weighted by Gasteiger charge is -2.15. The Labute approximate surface area is 152 Å². The van der Waals surface area contributed by atoms with E-state index in [9.17, 15) is 15.0 Å². The lowest BCUT2D eigenvalue weighted by molar-refractivity contribution is 0.0996. The minimum absolute atomic E-state index is 0.0132. The van der Waals surface area contributed by atoms with Gasteiger partial charge < -0.3 is 30.7 Å². The predicted octanol–water partition coefficient (Wildman–Crippen LogP) is 1.21. The number of carbonyl (C=O) groups is 1. The lowest BCUT2D eigenvalue weighted by atomic mass is 10.2. The maximum absolute atomic E-state index is 11.2. The molecule has 26 heavy (non-hydrogen) atoms. The second kappa shape index (κ2) is 9.65. The van der Waals surface area contributed by atoms with Crippen LogP contribution in [0.4, 0.5) is 0 Å². The van der Waals surface area contributed by atoms with Crippen molar-refractivity contribution in [2.24, 2.45) is 5.73 Å². The highest BCUT2D eigenvalue weighted by atomic mass is 16.5. The zero-order valence-electron chi connectivity index (χ0n) is 14.6. The van der Waals surface area contributed by atoms with E-state index in [1.807, 2.05) is 31.2 Å². The van der Waals surface area contributed by atoms with Gasteiger partial charge in [0.2, 0.25) is 0 Å².